The molecule has 0 saturated heterocycles. The maximum atomic E-state index is 3.38. The third-order valence-electron chi connectivity index (χ3n) is 2.87. The van der Waals surface area contributed by atoms with Crippen LogP contribution in [0.1, 0.15) is 18.1 Å². The molecule has 1 aromatic carbocycles. The maximum Gasteiger partial charge on any atom is 0.0373 e. The zero-order valence-electron chi connectivity index (χ0n) is 9.01. The lowest BCUT2D eigenvalue weighted by atomic mass is 10.1. The summed E-state index contributed by atoms with van der Waals surface area (Å²) in [5.74, 6) is 0. The molecule has 1 aliphatic rings. The van der Waals surface area contributed by atoms with Crippen LogP contribution in [0.15, 0.2) is 18.2 Å². The number of hydrogen-bond donors (Lipinski definition) is 1. The van der Waals surface area contributed by atoms with Crippen molar-refractivity contribution in [3.05, 3.63) is 29.3 Å². The fourth-order valence-electron chi connectivity index (χ4n) is 1.88. The largest absolute Gasteiger partial charge is 0.384 e. The number of hydrogen-bond acceptors (Lipinski definition) is 2. The molecule has 1 heterocycles. The van der Waals surface area contributed by atoms with E-state index in [2.05, 4.69) is 42.4 Å². The minimum absolute atomic E-state index is 1.06. The predicted octanol–water partition coefficient (Wildman–Crippen LogP) is 2.11. The van der Waals surface area contributed by atoms with E-state index in [1.807, 2.05) is 0 Å². The molecule has 0 atom stereocenters. The smallest absolute Gasteiger partial charge is 0.0373 e. The summed E-state index contributed by atoms with van der Waals surface area (Å²) in [7, 11) is 2.16. The van der Waals surface area contributed by atoms with Gasteiger partial charge in [0.05, 0.1) is 0 Å². The summed E-state index contributed by atoms with van der Waals surface area (Å²) in [5.41, 5.74) is 4.23. The van der Waals surface area contributed by atoms with E-state index in [1.54, 1.807) is 0 Å². The Morgan fingerprint density at radius 2 is 2.29 bits per heavy atom. The van der Waals surface area contributed by atoms with Crippen LogP contribution in [0, 0.1) is 0 Å². The molecule has 76 valence electrons. The van der Waals surface area contributed by atoms with Gasteiger partial charge in [0.25, 0.3) is 0 Å². The summed E-state index contributed by atoms with van der Waals surface area (Å²) < 4.78 is 0. The van der Waals surface area contributed by atoms with Gasteiger partial charge in [-0.25, -0.2) is 0 Å². The molecular formula is C12H18N2. The van der Waals surface area contributed by atoms with Crippen molar-refractivity contribution in [1.29, 1.82) is 0 Å². The van der Waals surface area contributed by atoms with Crippen molar-refractivity contribution in [2.45, 2.75) is 19.9 Å². The zero-order chi connectivity index (χ0) is 9.97. The molecule has 0 unspecified atom stereocenters. The molecule has 1 aromatic rings. The molecule has 0 aromatic heterocycles. The van der Waals surface area contributed by atoms with Gasteiger partial charge in [0.1, 0.15) is 0 Å². The van der Waals surface area contributed by atoms with Crippen molar-refractivity contribution in [2.75, 3.05) is 25.5 Å². The molecule has 14 heavy (non-hydrogen) atoms. The number of benzene rings is 1. The number of nitrogens with zero attached hydrogens (tertiary/aromatic N) is 1. The number of rotatable bonds is 3. The lowest BCUT2D eigenvalue weighted by Gasteiger charge is -2.14. The average molecular weight is 190 g/mol. The van der Waals surface area contributed by atoms with Crippen molar-refractivity contribution in [3.63, 3.8) is 0 Å². The Kier molecular flexibility index (Phi) is 2.73. The lowest BCUT2D eigenvalue weighted by Crippen LogP contribution is -2.16. The molecule has 1 N–H and O–H groups in total. The molecule has 2 nitrogen and oxygen atoms in total. The lowest BCUT2D eigenvalue weighted by molar-refractivity contribution is 0.346. The highest BCUT2D eigenvalue weighted by Gasteiger charge is 2.09. The molecule has 1 aliphatic heterocycles. The molecule has 0 radical (unpaired) electrons. The first-order chi connectivity index (χ1) is 6.79. The average Bonchev–Trinajstić information content (AvgIpc) is 2.64. The molecule has 0 fully saturated rings. The molecule has 0 saturated carbocycles. The van der Waals surface area contributed by atoms with Crippen LogP contribution in [-0.4, -0.2) is 25.0 Å². The van der Waals surface area contributed by atoms with Gasteiger partial charge >= 0.3 is 0 Å². The molecule has 0 aliphatic carbocycles. The Hall–Kier alpha value is -1.02. The van der Waals surface area contributed by atoms with Crippen molar-refractivity contribution >= 4 is 5.69 Å². The van der Waals surface area contributed by atoms with Crippen LogP contribution in [0.2, 0.25) is 0 Å². The van der Waals surface area contributed by atoms with Crippen molar-refractivity contribution in [2.24, 2.45) is 0 Å². The zero-order valence-corrected chi connectivity index (χ0v) is 9.01. The van der Waals surface area contributed by atoms with Crippen LogP contribution in [0.5, 0.6) is 0 Å². The third-order valence-corrected chi connectivity index (χ3v) is 2.87. The van der Waals surface area contributed by atoms with Gasteiger partial charge in [0, 0.05) is 18.8 Å². The number of nitrogens with one attached hydrogen (secondary N) is 1. The van der Waals surface area contributed by atoms with Gasteiger partial charge in [-0.2, -0.15) is 0 Å². The van der Waals surface area contributed by atoms with Crippen LogP contribution in [-0.2, 0) is 13.0 Å². The second-order valence-electron chi connectivity index (χ2n) is 4.00. The van der Waals surface area contributed by atoms with E-state index in [0.717, 1.165) is 19.6 Å². The van der Waals surface area contributed by atoms with Gasteiger partial charge in [-0.3, -0.25) is 0 Å². The molecule has 0 bridgehead atoms. The maximum absolute atomic E-state index is 3.38. The van der Waals surface area contributed by atoms with Crippen molar-refractivity contribution < 1.29 is 0 Å². The standard InChI is InChI=1S/C12H18N2/c1-3-14(2)9-10-4-5-12-11(8-10)6-7-13-12/h4-5,8,13H,3,6-7,9H2,1-2H3. The van der Waals surface area contributed by atoms with Crippen LogP contribution in [0.3, 0.4) is 0 Å². The van der Waals surface area contributed by atoms with Gasteiger partial charge in [0.2, 0.25) is 0 Å². The number of anilines is 1. The van der Waals surface area contributed by atoms with Gasteiger partial charge < -0.3 is 10.2 Å². The fourth-order valence-corrected chi connectivity index (χ4v) is 1.88. The quantitative estimate of drug-likeness (QED) is 0.785. The van der Waals surface area contributed by atoms with E-state index in [-0.39, 0.29) is 0 Å². The van der Waals surface area contributed by atoms with Gasteiger partial charge in [-0.05, 0) is 37.2 Å². The second-order valence-corrected chi connectivity index (χ2v) is 4.00. The number of fused-ring (bicyclic) bond motifs is 1. The first kappa shape index (κ1) is 9.53. The van der Waals surface area contributed by atoms with Crippen molar-refractivity contribution in [3.8, 4) is 0 Å². The predicted molar refractivity (Wildman–Crippen MR) is 60.6 cm³/mol. The Morgan fingerprint density at radius 1 is 1.43 bits per heavy atom. The Balaban J connectivity index is 2.12. The van der Waals surface area contributed by atoms with E-state index in [9.17, 15) is 0 Å². The molecule has 2 heteroatoms. The highest BCUT2D eigenvalue weighted by atomic mass is 15.1. The Morgan fingerprint density at radius 3 is 3.07 bits per heavy atom. The van der Waals surface area contributed by atoms with Crippen LogP contribution < -0.4 is 5.32 Å². The van der Waals surface area contributed by atoms with Crippen LogP contribution in [0.4, 0.5) is 5.69 Å². The topological polar surface area (TPSA) is 15.3 Å². The summed E-state index contributed by atoms with van der Waals surface area (Å²) in [6.45, 7) is 5.45. The van der Waals surface area contributed by atoms with Gasteiger partial charge in [-0.15, -0.1) is 0 Å². The van der Waals surface area contributed by atoms with Crippen molar-refractivity contribution in [1.82, 2.24) is 4.90 Å². The Labute approximate surface area is 85.9 Å². The van der Waals surface area contributed by atoms with Gasteiger partial charge in [0.15, 0.2) is 0 Å². The molecular weight excluding hydrogens is 172 g/mol. The highest BCUT2D eigenvalue weighted by molar-refractivity contribution is 5.56. The summed E-state index contributed by atoms with van der Waals surface area (Å²) in [6, 6.07) is 6.77. The first-order valence-corrected chi connectivity index (χ1v) is 5.34. The van der Waals surface area contributed by atoms with E-state index < -0.39 is 0 Å². The van der Waals surface area contributed by atoms with E-state index in [0.29, 0.717) is 0 Å². The summed E-state index contributed by atoms with van der Waals surface area (Å²) in [5, 5.41) is 3.38. The summed E-state index contributed by atoms with van der Waals surface area (Å²) in [6.07, 6.45) is 1.18. The summed E-state index contributed by atoms with van der Waals surface area (Å²) in [4.78, 5) is 2.32. The van der Waals surface area contributed by atoms with E-state index in [4.69, 9.17) is 0 Å². The van der Waals surface area contributed by atoms with E-state index in [1.165, 1.54) is 23.2 Å². The summed E-state index contributed by atoms with van der Waals surface area (Å²) >= 11 is 0. The SMILES string of the molecule is CCN(C)Cc1ccc2c(c1)CCN2. The fraction of sp³-hybridized carbons (Fsp3) is 0.500. The highest BCUT2D eigenvalue weighted by Crippen LogP contribution is 2.23. The second kappa shape index (κ2) is 4.01. The molecule has 0 amide bonds. The van der Waals surface area contributed by atoms with Gasteiger partial charge in [-0.1, -0.05) is 19.1 Å². The first-order valence-electron chi connectivity index (χ1n) is 5.34. The third kappa shape index (κ3) is 1.90. The monoisotopic (exact) mass is 190 g/mol. The normalized spacial score (nSPS) is 14.2. The molecule has 0 spiro atoms. The van der Waals surface area contributed by atoms with E-state index >= 15 is 0 Å². The van der Waals surface area contributed by atoms with Crippen LogP contribution >= 0.6 is 0 Å². The minimum Gasteiger partial charge on any atom is -0.384 e. The minimum atomic E-state index is 1.06. The molecule has 2 rings (SSSR count). The van der Waals surface area contributed by atoms with Crippen LogP contribution in [0.25, 0.3) is 0 Å². The Bertz CT molecular complexity index is 320.